The molecule has 1 fully saturated rings. The molecule has 4 nitrogen and oxygen atoms in total. The molecule has 0 aliphatic heterocycles. The van der Waals surface area contributed by atoms with Crippen LogP contribution in [0.5, 0.6) is 0 Å². The number of hydrogen-bond acceptors (Lipinski definition) is 3. The first-order valence-electron chi connectivity index (χ1n) is 5.77. The zero-order valence-electron chi connectivity index (χ0n) is 9.62. The van der Waals surface area contributed by atoms with E-state index in [-0.39, 0.29) is 18.6 Å². The molecule has 0 radical (unpaired) electrons. The van der Waals surface area contributed by atoms with Crippen LogP contribution < -0.4 is 10.6 Å². The highest BCUT2D eigenvalue weighted by atomic mass is 16.3. The molecule has 15 heavy (non-hydrogen) atoms. The molecule has 0 spiro atoms. The van der Waals surface area contributed by atoms with Crippen molar-refractivity contribution in [2.75, 3.05) is 13.2 Å². The third-order valence-corrected chi connectivity index (χ3v) is 2.72. The minimum Gasteiger partial charge on any atom is -0.396 e. The Bertz CT molecular complexity index is 203. The van der Waals surface area contributed by atoms with Crippen LogP contribution in [0.1, 0.15) is 33.1 Å². The third-order valence-electron chi connectivity index (χ3n) is 2.72. The molecule has 1 rings (SSSR count). The molecule has 0 saturated heterocycles. The van der Waals surface area contributed by atoms with Gasteiger partial charge in [0.15, 0.2) is 0 Å². The summed E-state index contributed by atoms with van der Waals surface area (Å²) in [5.74, 6) is 0.399. The Morgan fingerprint density at radius 2 is 2.13 bits per heavy atom. The van der Waals surface area contributed by atoms with Crippen molar-refractivity contribution in [3.05, 3.63) is 0 Å². The first-order chi connectivity index (χ1) is 7.13. The number of rotatable bonds is 7. The number of carbonyl (C=O) groups is 1. The molecule has 3 N–H and O–H groups in total. The minimum atomic E-state index is 0.0362. The summed E-state index contributed by atoms with van der Waals surface area (Å²) in [7, 11) is 0. The summed E-state index contributed by atoms with van der Waals surface area (Å²) in [4.78, 5) is 11.5. The first kappa shape index (κ1) is 12.5. The maximum absolute atomic E-state index is 11.5. The Morgan fingerprint density at radius 3 is 2.60 bits per heavy atom. The van der Waals surface area contributed by atoms with Crippen molar-refractivity contribution in [3.8, 4) is 0 Å². The quantitative estimate of drug-likeness (QED) is 0.570. The number of hydrogen-bond donors (Lipinski definition) is 3. The molecule has 1 aliphatic rings. The second-order valence-corrected chi connectivity index (χ2v) is 4.59. The number of carbonyl (C=O) groups excluding carboxylic acids is 1. The molecule has 4 heteroatoms. The summed E-state index contributed by atoms with van der Waals surface area (Å²) >= 11 is 0. The van der Waals surface area contributed by atoms with E-state index in [1.54, 1.807) is 0 Å². The van der Waals surface area contributed by atoms with Crippen LogP contribution in [-0.2, 0) is 4.79 Å². The number of amides is 1. The van der Waals surface area contributed by atoms with Gasteiger partial charge < -0.3 is 15.7 Å². The van der Waals surface area contributed by atoms with Gasteiger partial charge in [0, 0.05) is 18.7 Å². The van der Waals surface area contributed by atoms with Crippen LogP contribution in [-0.4, -0.2) is 36.2 Å². The lowest BCUT2D eigenvalue weighted by Crippen LogP contribution is -2.43. The molecule has 0 heterocycles. The predicted octanol–water partition coefficient (Wildman–Crippen LogP) is 0.262. The van der Waals surface area contributed by atoms with Crippen LogP contribution in [0.15, 0.2) is 0 Å². The number of nitrogens with one attached hydrogen (secondary N) is 2. The maximum Gasteiger partial charge on any atom is 0.234 e. The first-order valence-corrected chi connectivity index (χ1v) is 5.77. The molecule has 0 aromatic carbocycles. The van der Waals surface area contributed by atoms with Crippen LogP contribution in [0.2, 0.25) is 0 Å². The predicted molar refractivity (Wildman–Crippen MR) is 59.5 cm³/mol. The molecule has 1 atom stereocenters. The van der Waals surface area contributed by atoms with E-state index in [4.69, 9.17) is 5.11 Å². The molecule has 0 aromatic rings. The Labute approximate surface area is 91.4 Å². The molecule has 1 amide bonds. The third kappa shape index (κ3) is 5.14. The highest BCUT2D eigenvalue weighted by Crippen LogP contribution is 2.17. The molecule has 88 valence electrons. The average molecular weight is 214 g/mol. The van der Waals surface area contributed by atoms with Crippen LogP contribution in [0.25, 0.3) is 0 Å². The van der Waals surface area contributed by atoms with Crippen LogP contribution in [0, 0.1) is 5.92 Å². The Kier molecular flexibility index (Phi) is 5.05. The van der Waals surface area contributed by atoms with Gasteiger partial charge in [-0.25, -0.2) is 0 Å². The van der Waals surface area contributed by atoms with Crippen molar-refractivity contribution in [2.24, 2.45) is 5.92 Å². The average Bonchev–Trinajstić information content (AvgIpc) is 2.97. The Hall–Kier alpha value is -0.610. The van der Waals surface area contributed by atoms with Crippen LogP contribution >= 0.6 is 0 Å². The monoisotopic (exact) mass is 214 g/mol. The van der Waals surface area contributed by atoms with E-state index < -0.39 is 0 Å². The Balaban J connectivity index is 2.19. The molecule has 1 aliphatic carbocycles. The van der Waals surface area contributed by atoms with Gasteiger partial charge in [-0.15, -0.1) is 0 Å². The van der Waals surface area contributed by atoms with Crippen molar-refractivity contribution in [2.45, 2.75) is 45.2 Å². The normalized spacial score (nSPS) is 17.9. The van der Waals surface area contributed by atoms with E-state index in [1.807, 2.05) is 0 Å². The summed E-state index contributed by atoms with van der Waals surface area (Å²) in [6, 6.07) is 0.648. The highest BCUT2D eigenvalue weighted by Gasteiger charge is 2.22. The van der Waals surface area contributed by atoms with E-state index in [0.29, 0.717) is 24.9 Å². The van der Waals surface area contributed by atoms with Crippen molar-refractivity contribution < 1.29 is 9.90 Å². The Morgan fingerprint density at radius 1 is 1.47 bits per heavy atom. The minimum absolute atomic E-state index is 0.0362. The summed E-state index contributed by atoms with van der Waals surface area (Å²) in [5.41, 5.74) is 0. The fraction of sp³-hybridized carbons (Fsp3) is 0.909. The van der Waals surface area contributed by atoms with E-state index in [9.17, 15) is 4.79 Å². The summed E-state index contributed by atoms with van der Waals surface area (Å²) < 4.78 is 0. The smallest absolute Gasteiger partial charge is 0.234 e. The van der Waals surface area contributed by atoms with Crippen molar-refractivity contribution >= 4 is 5.91 Å². The molecular formula is C11H22N2O2. The van der Waals surface area contributed by atoms with Crippen LogP contribution in [0.3, 0.4) is 0 Å². The lowest BCUT2D eigenvalue weighted by molar-refractivity contribution is -0.121. The molecule has 1 unspecified atom stereocenters. The van der Waals surface area contributed by atoms with Crippen molar-refractivity contribution in [3.63, 3.8) is 0 Å². The van der Waals surface area contributed by atoms with Gasteiger partial charge >= 0.3 is 0 Å². The fourth-order valence-corrected chi connectivity index (χ4v) is 1.49. The van der Waals surface area contributed by atoms with E-state index >= 15 is 0 Å². The van der Waals surface area contributed by atoms with Crippen LogP contribution in [0.4, 0.5) is 0 Å². The lowest BCUT2D eigenvalue weighted by Gasteiger charge is -2.21. The van der Waals surface area contributed by atoms with E-state index in [2.05, 4.69) is 24.5 Å². The second kappa shape index (κ2) is 6.08. The van der Waals surface area contributed by atoms with Crippen molar-refractivity contribution in [1.29, 1.82) is 0 Å². The summed E-state index contributed by atoms with van der Waals surface area (Å²) in [6.07, 6.45) is 3.02. The molecule has 1 saturated carbocycles. The number of aliphatic hydroxyl groups excluding tert-OH is 1. The number of aliphatic hydroxyl groups is 1. The zero-order valence-corrected chi connectivity index (χ0v) is 9.62. The molecule has 0 bridgehead atoms. The molecule has 0 aromatic heterocycles. The highest BCUT2D eigenvalue weighted by molar-refractivity contribution is 5.78. The standard InChI is InChI=1S/C11H22N2O2/c1-8(2)10(5-6-14)13-11(15)7-12-9-3-4-9/h8-10,12,14H,3-7H2,1-2H3,(H,13,15). The van der Waals surface area contributed by atoms with Gasteiger partial charge in [-0.3, -0.25) is 4.79 Å². The van der Waals surface area contributed by atoms with Crippen molar-refractivity contribution in [1.82, 2.24) is 10.6 Å². The van der Waals surface area contributed by atoms with Gasteiger partial charge in [-0.1, -0.05) is 13.8 Å². The lowest BCUT2D eigenvalue weighted by atomic mass is 10.0. The maximum atomic E-state index is 11.5. The van der Waals surface area contributed by atoms with Gasteiger partial charge in [0.05, 0.1) is 6.54 Å². The molecular weight excluding hydrogens is 192 g/mol. The SMILES string of the molecule is CC(C)C(CCO)NC(=O)CNC1CC1. The van der Waals surface area contributed by atoms with E-state index in [0.717, 1.165) is 0 Å². The topological polar surface area (TPSA) is 61.4 Å². The van der Waals surface area contributed by atoms with Gasteiger partial charge in [0.2, 0.25) is 5.91 Å². The fourth-order valence-electron chi connectivity index (χ4n) is 1.49. The van der Waals surface area contributed by atoms with E-state index in [1.165, 1.54) is 12.8 Å². The second-order valence-electron chi connectivity index (χ2n) is 4.59. The van der Waals surface area contributed by atoms with Gasteiger partial charge in [-0.05, 0) is 25.2 Å². The summed E-state index contributed by atoms with van der Waals surface area (Å²) in [5, 5.41) is 15.0. The largest absolute Gasteiger partial charge is 0.396 e. The van der Waals surface area contributed by atoms with Gasteiger partial charge in [-0.2, -0.15) is 0 Å². The summed E-state index contributed by atoms with van der Waals surface area (Å²) in [6.45, 7) is 4.63. The van der Waals surface area contributed by atoms with Gasteiger partial charge in [0.1, 0.15) is 0 Å². The zero-order chi connectivity index (χ0) is 11.3. The van der Waals surface area contributed by atoms with Gasteiger partial charge in [0.25, 0.3) is 0 Å².